The first-order chi connectivity index (χ1) is 8.10. The summed E-state index contributed by atoms with van der Waals surface area (Å²) < 4.78 is 14.5. The second kappa shape index (κ2) is 3.78. The van der Waals surface area contributed by atoms with Crippen molar-refractivity contribution in [3.63, 3.8) is 0 Å². The van der Waals surface area contributed by atoms with Gasteiger partial charge in [-0.25, -0.2) is 4.39 Å². The van der Waals surface area contributed by atoms with Crippen molar-refractivity contribution < 1.29 is 9.18 Å². The number of benzene rings is 1. The Kier molecular flexibility index (Phi) is 2.48. The van der Waals surface area contributed by atoms with Crippen molar-refractivity contribution in [2.45, 2.75) is 31.0 Å². The Bertz CT molecular complexity index is 487. The van der Waals surface area contributed by atoms with Crippen molar-refractivity contribution >= 4 is 21.8 Å². The summed E-state index contributed by atoms with van der Waals surface area (Å²) in [5.74, 6) is -0.491. The van der Waals surface area contributed by atoms with Crippen molar-refractivity contribution in [1.29, 1.82) is 0 Å². The molecule has 1 saturated carbocycles. The molecule has 1 heterocycles. The first-order valence-electron chi connectivity index (χ1n) is 5.64. The molecule has 17 heavy (non-hydrogen) atoms. The molecule has 0 aromatic heterocycles. The summed E-state index contributed by atoms with van der Waals surface area (Å²) in [4.78, 5) is 11.9. The van der Waals surface area contributed by atoms with E-state index in [4.69, 9.17) is 0 Å². The van der Waals surface area contributed by atoms with E-state index in [1.54, 1.807) is 12.1 Å². The predicted octanol–water partition coefficient (Wildman–Crippen LogP) is 2.23. The molecule has 5 heteroatoms. The molecule has 1 saturated heterocycles. The Hall–Kier alpha value is -0.940. The maximum atomic E-state index is 13.8. The molecule has 1 aliphatic carbocycles. The molecule has 2 aliphatic rings. The first kappa shape index (κ1) is 11.2. The average Bonchev–Trinajstić information content (AvgIpc) is 2.56. The van der Waals surface area contributed by atoms with Gasteiger partial charge in [0, 0.05) is 10.0 Å². The zero-order chi connectivity index (χ0) is 12.0. The SMILES string of the molecule is O=C1NC2(CCC2)N[C@H]1c1ccc(Br)cc1F. The number of amides is 1. The topological polar surface area (TPSA) is 41.1 Å². The molecule has 2 N–H and O–H groups in total. The number of halogens is 2. The van der Waals surface area contributed by atoms with Gasteiger partial charge in [0.15, 0.2) is 0 Å². The van der Waals surface area contributed by atoms with Gasteiger partial charge < -0.3 is 5.32 Å². The van der Waals surface area contributed by atoms with E-state index in [2.05, 4.69) is 26.6 Å². The normalized spacial score (nSPS) is 25.8. The fourth-order valence-corrected chi connectivity index (χ4v) is 2.77. The number of carbonyl (C=O) groups excluding carboxylic acids is 1. The van der Waals surface area contributed by atoms with Crippen molar-refractivity contribution in [2.75, 3.05) is 0 Å². The van der Waals surface area contributed by atoms with Gasteiger partial charge in [-0.05, 0) is 31.4 Å². The van der Waals surface area contributed by atoms with Crippen LogP contribution in [-0.4, -0.2) is 11.6 Å². The van der Waals surface area contributed by atoms with Crippen LogP contribution >= 0.6 is 15.9 Å². The molecule has 1 spiro atoms. The molecule has 0 radical (unpaired) electrons. The lowest BCUT2D eigenvalue weighted by Crippen LogP contribution is -2.55. The third-order valence-electron chi connectivity index (χ3n) is 3.53. The molecule has 3 rings (SSSR count). The summed E-state index contributed by atoms with van der Waals surface area (Å²) in [6.45, 7) is 0. The molecule has 1 aromatic carbocycles. The number of hydrogen-bond acceptors (Lipinski definition) is 2. The molecule has 0 unspecified atom stereocenters. The van der Waals surface area contributed by atoms with Crippen molar-refractivity contribution in [3.8, 4) is 0 Å². The summed E-state index contributed by atoms with van der Waals surface area (Å²) in [5.41, 5.74) is 0.135. The van der Waals surface area contributed by atoms with Gasteiger partial charge in [-0.15, -0.1) is 0 Å². The molecular formula is C12H12BrFN2O. The second-order valence-corrected chi connectivity index (χ2v) is 5.58. The van der Waals surface area contributed by atoms with E-state index in [0.717, 1.165) is 19.3 Å². The highest BCUT2D eigenvalue weighted by Crippen LogP contribution is 2.37. The van der Waals surface area contributed by atoms with Gasteiger partial charge >= 0.3 is 0 Å². The van der Waals surface area contributed by atoms with Crippen LogP contribution in [0.1, 0.15) is 30.9 Å². The lowest BCUT2D eigenvalue weighted by Gasteiger charge is -2.38. The molecular weight excluding hydrogens is 287 g/mol. The van der Waals surface area contributed by atoms with E-state index in [1.165, 1.54) is 6.07 Å². The zero-order valence-corrected chi connectivity index (χ0v) is 10.7. The van der Waals surface area contributed by atoms with Crippen LogP contribution in [-0.2, 0) is 4.79 Å². The van der Waals surface area contributed by atoms with Gasteiger partial charge in [-0.1, -0.05) is 22.0 Å². The second-order valence-electron chi connectivity index (χ2n) is 4.67. The third kappa shape index (κ3) is 1.77. The summed E-state index contributed by atoms with van der Waals surface area (Å²) in [6.07, 6.45) is 2.95. The van der Waals surface area contributed by atoms with Crippen LogP contribution in [0.5, 0.6) is 0 Å². The minimum atomic E-state index is -0.566. The van der Waals surface area contributed by atoms with Crippen LogP contribution in [0.3, 0.4) is 0 Å². The Balaban J connectivity index is 1.91. The Morgan fingerprint density at radius 2 is 2.18 bits per heavy atom. The quantitative estimate of drug-likeness (QED) is 0.835. The van der Waals surface area contributed by atoms with Gasteiger partial charge in [-0.3, -0.25) is 10.1 Å². The zero-order valence-electron chi connectivity index (χ0n) is 9.09. The van der Waals surface area contributed by atoms with Crippen molar-refractivity contribution in [3.05, 3.63) is 34.1 Å². The van der Waals surface area contributed by atoms with E-state index in [0.29, 0.717) is 10.0 Å². The number of hydrogen-bond donors (Lipinski definition) is 2. The maximum Gasteiger partial charge on any atom is 0.243 e. The summed E-state index contributed by atoms with van der Waals surface area (Å²) in [6, 6.07) is 4.22. The van der Waals surface area contributed by atoms with Crippen LogP contribution in [0.4, 0.5) is 4.39 Å². The summed E-state index contributed by atoms with van der Waals surface area (Å²) >= 11 is 3.21. The van der Waals surface area contributed by atoms with Gasteiger partial charge in [0.25, 0.3) is 0 Å². The lowest BCUT2D eigenvalue weighted by molar-refractivity contribution is -0.121. The number of nitrogens with one attached hydrogen (secondary N) is 2. The highest BCUT2D eigenvalue weighted by molar-refractivity contribution is 9.10. The van der Waals surface area contributed by atoms with E-state index in [-0.39, 0.29) is 17.4 Å². The van der Waals surface area contributed by atoms with E-state index < -0.39 is 6.04 Å². The minimum Gasteiger partial charge on any atom is -0.336 e. The smallest absolute Gasteiger partial charge is 0.243 e. The van der Waals surface area contributed by atoms with E-state index >= 15 is 0 Å². The Labute approximate surface area is 107 Å². The summed E-state index contributed by atoms with van der Waals surface area (Å²) in [5, 5.41) is 6.14. The molecule has 1 aliphatic heterocycles. The maximum absolute atomic E-state index is 13.8. The van der Waals surface area contributed by atoms with Crippen LogP contribution in [0.15, 0.2) is 22.7 Å². The first-order valence-corrected chi connectivity index (χ1v) is 6.44. The molecule has 0 bridgehead atoms. The molecule has 1 aromatic rings. The highest BCUT2D eigenvalue weighted by atomic mass is 79.9. The van der Waals surface area contributed by atoms with Crippen LogP contribution < -0.4 is 10.6 Å². The van der Waals surface area contributed by atoms with Gasteiger partial charge in [-0.2, -0.15) is 0 Å². The predicted molar refractivity (Wildman–Crippen MR) is 64.7 cm³/mol. The van der Waals surface area contributed by atoms with Crippen LogP contribution in [0, 0.1) is 5.82 Å². The van der Waals surface area contributed by atoms with Crippen LogP contribution in [0.2, 0.25) is 0 Å². The van der Waals surface area contributed by atoms with Crippen molar-refractivity contribution in [2.24, 2.45) is 0 Å². The number of carbonyl (C=O) groups is 1. The standard InChI is InChI=1S/C12H12BrFN2O/c13-7-2-3-8(9(14)6-7)10-11(17)16-12(15-10)4-1-5-12/h2-3,6,10,15H,1,4-5H2,(H,16,17)/t10-/m0/s1. The Morgan fingerprint density at radius 3 is 2.71 bits per heavy atom. The molecule has 3 nitrogen and oxygen atoms in total. The highest BCUT2D eigenvalue weighted by Gasteiger charge is 2.48. The summed E-state index contributed by atoms with van der Waals surface area (Å²) in [7, 11) is 0. The molecule has 2 fully saturated rings. The molecule has 90 valence electrons. The largest absolute Gasteiger partial charge is 0.336 e. The monoisotopic (exact) mass is 298 g/mol. The average molecular weight is 299 g/mol. The fourth-order valence-electron chi connectivity index (χ4n) is 2.44. The minimum absolute atomic E-state index is 0.133. The number of rotatable bonds is 1. The van der Waals surface area contributed by atoms with Gasteiger partial charge in [0.05, 0.1) is 5.66 Å². The van der Waals surface area contributed by atoms with E-state index in [1.807, 2.05) is 0 Å². The molecule has 1 amide bonds. The Morgan fingerprint density at radius 1 is 1.41 bits per heavy atom. The molecule has 1 atom stereocenters. The fraction of sp³-hybridized carbons (Fsp3) is 0.417. The third-order valence-corrected chi connectivity index (χ3v) is 4.02. The lowest BCUT2D eigenvalue weighted by atomic mass is 9.85. The van der Waals surface area contributed by atoms with Crippen LogP contribution in [0.25, 0.3) is 0 Å². The van der Waals surface area contributed by atoms with E-state index in [9.17, 15) is 9.18 Å². The van der Waals surface area contributed by atoms with Gasteiger partial charge in [0.1, 0.15) is 11.9 Å². The van der Waals surface area contributed by atoms with Gasteiger partial charge in [0.2, 0.25) is 5.91 Å². The van der Waals surface area contributed by atoms with Crippen molar-refractivity contribution in [1.82, 2.24) is 10.6 Å².